The fraction of sp³-hybridized carbons (Fsp3) is 0.476. The van der Waals surface area contributed by atoms with Crippen LogP contribution < -0.4 is 4.90 Å². The van der Waals surface area contributed by atoms with E-state index in [9.17, 15) is 0 Å². The van der Waals surface area contributed by atoms with Crippen molar-refractivity contribution in [3.8, 4) is 0 Å². The molecule has 0 saturated carbocycles. The highest BCUT2D eigenvalue weighted by molar-refractivity contribution is 5.82. The maximum Gasteiger partial charge on any atom is 0.182 e. The lowest BCUT2D eigenvalue weighted by Crippen LogP contribution is -2.41. The van der Waals surface area contributed by atoms with Crippen LogP contribution in [0.25, 0.3) is 11.2 Å². The lowest BCUT2D eigenvalue weighted by molar-refractivity contribution is 0.190. The molecule has 2 saturated heterocycles. The highest BCUT2D eigenvalue weighted by Gasteiger charge is 2.38. The number of hydrogen-bond acceptors (Lipinski definition) is 5. The predicted molar refractivity (Wildman–Crippen MR) is 107 cm³/mol. The van der Waals surface area contributed by atoms with Gasteiger partial charge in [-0.05, 0) is 37.3 Å². The number of rotatable bonds is 4. The average Bonchev–Trinajstić information content (AvgIpc) is 3.31. The third-order valence-electron chi connectivity index (χ3n) is 6.18. The largest absolute Gasteiger partial charge is 0.353 e. The molecular formula is C21H26N6. The molecule has 2 fully saturated rings. The SMILES string of the molecule is c1ccc(CCN2CCCC[C@H]3CN(c4ncnc5nc[nH]c45)C[C@H]32)cc1. The van der Waals surface area contributed by atoms with Crippen LogP contribution >= 0.6 is 0 Å². The molecule has 0 bridgehead atoms. The minimum atomic E-state index is 0.615. The summed E-state index contributed by atoms with van der Waals surface area (Å²) in [5.41, 5.74) is 3.15. The van der Waals surface area contributed by atoms with Crippen LogP contribution in [0.1, 0.15) is 24.8 Å². The highest BCUT2D eigenvalue weighted by Crippen LogP contribution is 2.33. The monoisotopic (exact) mass is 362 g/mol. The summed E-state index contributed by atoms with van der Waals surface area (Å²) >= 11 is 0. The molecular weight excluding hydrogens is 336 g/mol. The highest BCUT2D eigenvalue weighted by atomic mass is 15.3. The number of fused-ring (bicyclic) bond motifs is 2. The average molecular weight is 362 g/mol. The molecule has 1 aromatic carbocycles. The van der Waals surface area contributed by atoms with Crippen LogP contribution in [0.2, 0.25) is 0 Å². The van der Waals surface area contributed by atoms with E-state index >= 15 is 0 Å². The summed E-state index contributed by atoms with van der Waals surface area (Å²) < 4.78 is 0. The van der Waals surface area contributed by atoms with Crippen molar-refractivity contribution in [1.82, 2.24) is 24.8 Å². The molecule has 2 aromatic heterocycles. The van der Waals surface area contributed by atoms with Crippen LogP contribution in [0.3, 0.4) is 0 Å². The molecule has 2 aliphatic rings. The van der Waals surface area contributed by atoms with Gasteiger partial charge in [-0.15, -0.1) is 0 Å². The Labute approximate surface area is 159 Å². The van der Waals surface area contributed by atoms with E-state index in [0.29, 0.717) is 6.04 Å². The Morgan fingerprint density at radius 1 is 1.04 bits per heavy atom. The van der Waals surface area contributed by atoms with Gasteiger partial charge in [0.25, 0.3) is 0 Å². The maximum absolute atomic E-state index is 4.59. The molecule has 0 aliphatic carbocycles. The van der Waals surface area contributed by atoms with Gasteiger partial charge in [-0.3, -0.25) is 4.90 Å². The number of nitrogens with zero attached hydrogens (tertiary/aromatic N) is 5. The minimum Gasteiger partial charge on any atom is -0.353 e. The molecule has 3 aromatic rings. The molecule has 0 unspecified atom stereocenters. The van der Waals surface area contributed by atoms with Gasteiger partial charge in [0.15, 0.2) is 11.5 Å². The first-order valence-electron chi connectivity index (χ1n) is 10.1. The van der Waals surface area contributed by atoms with E-state index in [1.165, 1.54) is 31.4 Å². The Bertz CT molecular complexity index is 892. The number of likely N-dealkylation sites (tertiary alicyclic amines) is 1. The number of hydrogen-bond donors (Lipinski definition) is 1. The summed E-state index contributed by atoms with van der Waals surface area (Å²) in [5, 5.41) is 0. The molecule has 2 aliphatic heterocycles. The van der Waals surface area contributed by atoms with Crippen molar-refractivity contribution in [2.75, 3.05) is 31.1 Å². The van der Waals surface area contributed by atoms with Gasteiger partial charge >= 0.3 is 0 Å². The van der Waals surface area contributed by atoms with Crippen LogP contribution in [-0.4, -0.2) is 57.1 Å². The lowest BCUT2D eigenvalue weighted by atomic mass is 9.98. The smallest absolute Gasteiger partial charge is 0.182 e. The zero-order chi connectivity index (χ0) is 18.1. The van der Waals surface area contributed by atoms with Gasteiger partial charge in [0.1, 0.15) is 11.8 Å². The van der Waals surface area contributed by atoms with E-state index in [-0.39, 0.29) is 0 Å². The molecule has 2 atom stereocenters. The molecule has 0 radical (unpaired) electrons. The van der Waals surface area contributed by atoms with Crippen LogP contribution in [0.15, 0.2) is 43.0 Å². The Hall–Kier alpha value is -2.47. The van der Waals surface area contributed by atoms with E-state index in [1.54, 1.807) is 12.7 Å². The van der Waals surface area contributed by atoms with Gasteiger partial charge in [0.05, 0.1) is 6.33 Å². The van der Waals surface area contributed by atoms with Gasteiger partial charge in [0, 0.05) is 25.7 Å². The van der Waals surface area contributed by atoms with Crippen molar-refractivity contribution in [3.05, 3.63) is 48.5 Å². The van der Waals surface area contributed by atoms with Crippen LogP contribution in [-0.2, 0) is 6.42 Å². The normalized spacial score (nSPS) is 23.5. The van der Waals surface area contributed by atoms with E-state index < -0.39 is 0 Å². The van der Waals surface area contributed by atoms with Crippen molar-refractivity contribution < 1.29 is 0 Å². The van der Waals surface area contributed by atoms with Crippen molar-refractivity contribution in [2.24, 2.45) is 5.92 Å². The second-order valence-electron chi connectivity index (χ2n) is 7.80. The molecule has 4 heterocycles. The van der Waals surface area contributed by atoms with Crippen molar-refractivity contribution >= 4 is 17.0 Å². The molecule has 1 N–H and O–H groups in total. The zero-order valence-corrected chi connectivity index (χ0v) is 15.6. The summed E-state index contributed by atoms with van der Waals surface area (Å²) in [6.07, 6.45) is 8.45. The molecule has 140 valence electrons. The number of benzene rings is 1. The number of H-pyrrole nitrogens is 1. The Morgan fingerprint density at radius 3 is 2.89 bits per heavy atom. The first kappa shape index (κ1) is 16.7. The van der Waals surface area contributed by atoms with Gasteiger partial charge in [0.2, 0.25) is 0 Å². The number of aromatic amines is 1. The molecule has 6 heteroatoms. The fourth-order valence-electron chi connectivity index (χ4n) is 4.80. The molecule has 0 spiro atoms. The van der Waals surface area contributed by atoms with Gasteiger partial charge < -0.3 is 9.88 Å². The maximum atomic E-state index is 4.59. The minimum absolute atomic E-state index is 0.615. The van der Waals surface area contributed by atoms with Crippen LogP contribution in [0.5, 0.6) is 0 Å². The predicted octanol–water partition coefficient (Wildman–Crippen LogP) is 2.89. The van der Waals surface area contributed by atoms with Crippen LogP contribution in [0.4, 0.5) is 5.82 Å². The van der Waals surface area contributed by atoms with E-state index in [0.717, 1.165) is 49.0 Å². The topological polar surface area (TPSA) is 60.9 Å². The quantitative estimate of drug-likeness (QED) is 0.773. The Morgan fingerprint density at radius 2 is 1.96 bits per heavy atom. The number of anilines is 1. The van der Waals surface area contributed by atoms with E-state index in [4.69, 9.17) is 0 Å². The van der Waals surface area contributed by atoms with Crippen molar-refractivity contribution in [3.63, 3.8) is 0 Å². The van der Waals surface area contributed by atoms with Gasteiger partial charge in [-0.1, -0.05) is 36.8 Å². The molecule has 0 amide bonds. The lowest BCUT2D eigenvalue weighted by Gasteiger charge is -2.30. The van der Waals surface area contributed by atoms with Crippen LogP contribution in [0, 0.1) is 5.92 Å². The summed E-state index contributed by atoms with van der Waals surface area (Å²) in [6.45, 7) is 4.48. The summed E-state index contributed by atoms with van der Waals surface area (Å²) in [6, 6.07) is 11.5. The molecule has 27 heavy (non-hydrogen) atoms. The van der Waals surface area contributed by atoms with E-state index in [1.807, 2.05) is 0 Å². The van der Waals surface area contributed by atoms with Gasteiger partial charge in [-0.25, -0.2) is 15.0 Å². The molecule has 6 nitrogen and oxygen atoms in total. The first-order valence-corrected chi connectivity index (χ1v) is 10.1. The first-order chi connectivity index (χ1) is 13.4. The Kier molecular flexibility index (Phi) is 4.49. The summed E-state index contributed by atoms with van der Waals surface area (Å²) in [4.78, 5) is 21.5. The van der Waals surface area contributed by atoms with Crippen molar-refractivity contribution in [2.45, 2.75) is 31.7 Å². The standard InChI is InChI=1S/C21H26N6/c1-2-6-16(7-3-1)9-11-26-10-5-4-8-17-12-27(13-18(17)26)21-19-20(23-14-22-19)24-15-25-21/h1-3,6-7,14-15,17-18H,4-5,8-13H2,(H,22,23,24,25)/t17-,18+/m0/s1. The number of imidazole rings is 1. The summed E-state index contributed by atoms with van der Waals surface area (Å²) in [7, 11) is 0. The zero-order valence-electron chi connectivity index (χ0n) is 15.6. The third-order valence-corrected chi connectivity index (χ3v) is 6.18. The second kappa shape index (κ2) is 7.27. The number of nitrogens with one attached hydrogen (secondary N) is 1. The molecule has 5 rings (SSSR count). The van der Waals surface area contributed by atoms with Crippen molar-refractivity contribution in [1.29, 1.82) is 0 Å². The Balaban J connectivity index is 1.35. The number of aromatic nitrogens is 4. The van der Waals surface area contributed by atoms with E-state index in [2.05, 4.69) is 60.1 Å². The van der Waals surface area contributed by atoms with Gasteiger partial charge in [-0.2, -0.15) is 0 Å². The second-order valence-corrected chi connectivity index (χ2v) is 7.80. The third kappa shape index (κ3) is 3.30. The summed E-state index contributed by atoms with van der Waals surface area (Å²) in [5.74, 6) is 1.73. The fourth-order valence-corrected chi connectivity index (χ4v) is 4.80.